The van der Waals surface area contributed by atoms with Gasteiger partial charge in [-0.05, 0) is 169 Å². The fourth-order valence-electron chi connectivity index (χ4n) is 11.6. The van der Waals surface area contributed by atoms with E-state index in [-0.39, 0.29) is 64.8 Å². The highest BCUT2D eigenvalue weighted by Gasteiger charge is 2.41. The van der Waals surface area contributed by atoms with Gasteiger partial charge >= 0.3 is 5.97 Å². The van der Waals surface area contributed by atoms with Crippen molar-refractivity contribution >= 4 is 87.0 Å². The topological polar surface area (TPSA) is 386 Å². The molecule has 3 aliphatic rings. The number of carbonyl (C=O) groups is 2. The molecule has 1 aliphatic heterocycles. The number of unbranched alkanes of at least 4 members (excludes halogenated alkanes) is 2. The number of allylic oxidation sites excluding steroid dienone is 9. The molecule has 2 aromatic heterocycles. The minimum absolute atomic E-state index is 0.0181. The van der Waals surface area contributed by atoms with Gasteiger partial charge in [-0.15, -0.1) is 0 Å². The molecule has 0 bridgehead atoms. The molecule has 0 fully saturated rings. The molecule has 9 N–H and O–H groups in total. The van der Waals surface area contributed by atoms with Gasteiger partial charge in [0.2, 0.25) is 5.95 Å². The molecule has 24 nitrogen and oxygen atoms in total. The maximum Gasteiger partial charge on any atom is 0.326 e. The second-order valence-electron chi connectivity index (χ2n) is 23.2. The summed E-state index contributed by atoms with van der Waals surface area (Å²) in [6, 6.07) is 20.9. The first-order chi connectivity index (χ1) is 42.4. The van der Waals surface area contributed by atoms with Gasteiger partial charge in [0.1, 0.15) is 17.6 Å². The van der Waals surface area contributed by atoms with E-state index in [1.165, 1.54) is 36.5 Å². The number of hydrogen-bond donors (Lipinski definition) is 9. The van der Waals surface area contributed by atoms with Crippen LogP contribution in [0.25, 0.3) is 16.7 Å². The van der Waals surface area contributed by atoms with Crippen molar-refractivity contribution < 1.29 is 66.8 Å². The molecule has 4 aromatic carbocycles. The molecular weight excluding hydrogens is 1240 g/mol. The van der Waals surface area contributed by atoms with Crippen LogP contribution >= 0.6 is 0 Å². The largest absolute Gasteiger partial charge is 0.480 e. The van der Waals surface area contributed by atoms with Crippen molar-refractivity contribution in [3.63, 3.8) is 0 Å². The molecule has 90 heavy (non-hydrogen) atoms. The molecule has 6 aromatic rings. The van der Waals surface area contributed by atoms with E-state index in [2.05, 4.69) is 30.6 Å². The van der Waals surface area contributed by atoms with E-state index >= 15 is 0 Å². The Balaban J connectivity index is 1.02. The number of carbonyl (C=O) groups excluding carboxylic acids is 1. The normalized spacial score (nSPS) is 17.0. The Labute approximate surface area is 522 Å². The summed E-state index contributed by atoms with van der Waals surface area (Å²) in [5.41, 5.74) is 12.0. The standard InChI is InChI=1S/C62H68N8O16S4/c1-61(2)48(46(12-5-7-30-88(77,78)79)47-25-23-44(87(75)76)33-49(47)61)26-17-38-10-9-11-39(18-28-53-62(3,4)50-34-45(90(83,84)85)24-27-52(50)70(53)29-6-8-31-89(80,81)82)55(38)86-43-21-13-37(14-22-43)32-51(59(73)74)67-57(71)40-15-19-41(20-16-40)64-35-42-36-65-56-54(66-42)58(72)69-60(63)68-56/h13-28,33-34,36,51,64,87H,5-12,29-32,35H2,1-4H3,(H,67,71)(H,73,74)(H,77,78,79)(H,80,81,82)(H,83,84,85)(H3,63,65,68,69,72)/b26-17+,39-18+,53-28+/t51-/m0/s1. The van der Waals surface area contributed by atoms with Gasteiger partial charge in [0, 0.05) is 46.4 Å². The van der Waals surface area contributed by atoms with Gasteiger partial charge in [-0.3, -0.25) is 28.2 Å². The summed E-state index contributed by atoms with van der Waals surface area (Å²) in [5.74, 6) is -2.07. The predicted molar refractivity (Wildman–Crippen MR) is 339 cm³/mol. The fraction of sp³-hybridized carbons (Fsp3) is 0.323. The number of aromatic amines is 1. The third kappa shape index (κ3) is 15.6. The Morgan fingerprint density at radius 3 is 2.19 bits per heavy atom. The molecule has 0 saturated carbocycles. The molecule has 1 atom stereocenters. The van der Waals surface area contributed by atoms with Crippen LogP contribution in [0.4, 0.5) is 17.3 Å². The summed E-state index contributed by atoms with van der Waals surface area (Å²) >= 11 is 0. The van der Waals surface area contributed by atoms with E-state index in [1.807, 2.05) is 56.9 Å². The summed E-state index contributed by atoms with van der Waals surface area (Å²) in [6.07, 6.45) is 12.1. The number of nitrogens with one attached hydrogen (secondary N) is 3. The lowest BCUT2D eigenvalue weighted by Gasteiger charge is -2.28. The highest BCUT2D eigenvalue weighted by molar-refractivity contribution is 7.86. The third-order valence-electron chi connectivity index (χ3n) is 16.1. The zero-order valence-electron chi connectivity index (χ0n) is 49.5. The number of aromatic nitrogens is 4. The Kier molecular flexibility index (Phi) is 19.5. The van der Waals surface area contributed by atoms with Crippen molar-refractivity contribution in [1.29, 1.82) is 0 Å². The van der Waals surface area contributed by atoms with Crippen molar-refractivity contribution in [1.82, 2.24) is 25.3 Å². The van der Waals surface area contributed by atoms with Crippen LogP contribution < -0.4 is 31.6 Å². The number of ether oxygens (including phenoxy) is 1. The zero-order chi connectivity index (χ0) is 65.1. The molecule has 0 saturated heterocycles. The van der Waals surface area contributed by atoms with E-state index in [0.717, 1.165) is 33.4 Å². The number of H-pyrrole nitrogens is 1. The lowest BCUT2D eigenvalue weighted by molar-refractivity contribution is -0.139. The summed E-state index contributed by atoms with van der Waals surface area (Å²) < 4.78 is 132. The highest BCUT2D eigenvalue weighted by atomic mass is 32.2. The van der Waals surface area contributed by atoms with Crippen LogP contribution in [0, 0.1) is 0 Å². The molecule has 0 unspecified atom stereocenters. The lowest BCUT2D eigenvalue weighted by Crippen LogP contribution is -2.42. The molecule has 2 aliphatic carbocycles. The van der Waals surface area contributed by atoms with Gasteiger partial charge in [-0.2, -0.15) is 30.2 Å². The number of anilines is 3. The number of hydrogen-bond acceptors (Lipinski definition) is 18. The van der Waals surface area contributed by atoms with Crippen molar-refractivity contribution in [2.24, 2.45) is 0 Å². The van der Waals surface area contributed by atoms with Crippen molar-refractivity contribution in [3.8, 4) is 5.75 Å². The molecule has 9 rings (SSSR count). The summed E-state index contributed by atoms with van der Waals surface area (Å²) in [5, 5.41) is 16.1. The molecular formula is C62H68N8O16S4. The monoisotopic (exact) mass is 1310 g/mol. The smallest absolute Gasteiger partial charge is 0.326 e. The lowest BCUT2D eigenvalue weighted by atomic mass is 9.80. The van der Waals surface area contributed by atoms with Gasteiger partial charge in [0.15, 0.2) is 21.9 Å². The number of carboxylic acids is 1. The average Bonchev–Trinajstić information content (AvgIpc) is 1.60. The van der Waals surface area contributed by atoms with E-state index in [0.29, 0.717) is 83.9 Å². The van der Waals surface area contributed by atoms with E-state index in [4.69, 9.17) is 10.5 Å². The number of nitrogens with two attached hydrogens (primary N) is 1. The first-order valence-electron chi connectivity index (χ1n) is 28.7. The van der Waals surface area contributed by atoms with E-state index in [1.54, 1.807) is 54.6 Å². The molecule has 0 radical (unpaired) electrons. The number of rotatable bonds is 25. The first kappa shape index (κ1) is 66.0. The van der Waals surface area contributed by atoms with Crippen molar-refractivity contribution in [2.45, 2.75) is 119 Å². The number of aliphatic carboxylic acids is 1. The number of fused-ring (bicyclic) bond motifs is 3. The van der Waals surface area contributed by atoms with Crippen molar-refractivity contribution in [3.05, 3.63) is 187 Å². The molecule has 28 heteroatoms. The van der Waals surface area contributed by atoms with Crippen LogP contribution in [0.3, 0.4) is 0 Å². The van der Waals surface area contributed by atoms with Gasteiger partial charge in [0.05, 0.1) is 39.7 Å². The minimum atomic E-state index is -4.61. The van der Waals surface area contributed by atoms with Crippen LogP contribution in [0.1, 0.15) is 117 Å². The Bertz CT molecular complexity index is 4490. The molecule has 3 heterocycles. The maximum atomic E-state index is 13.5. The highest BCUT2D eigenvalue weighted by Crippen LogP contribution is 2.51. The minimum Gasteiger partial charge on any atom is -0.480 e. The summed E-state index contributed by atoms with van der Waals surface area (Å²) in [7, 11) is -16.0. The van der Waals surface area contributed by atoms with Gasteiger partial charge in [-0.1, -0.05) is 64.1 Å². The zero-order valence-corrected chi connectivity index (χ0v) is 52.8. The van der Waals surface area contributed by atoms with Gasteiger partial charge in [0.25, 0.3) is 41.8 Å². The number of amides is 1. The fourth-order valence-corrected chi connectivity index (χ4v) is 13.6. The maximum absolute atomic E-state index is 13.5. The Hall–Kier alpha value is -8.38. The van der Waals surface area contributed by atoms with Gasteiger partial charge < -0.3 is 31.1 Å². The average molecular weight is 1310 g/mol. The van der Waals surface area contributed by atoms with Crippen molar-refractivity contribution in [2.75, 3.05) is 34.0 Å². The molecule has 1 amide bonds. The molecule has 476 valence electrons. The number of nitrogen functional groups attached to an aromatic ring is 1. The third-order valence-corrected chi connectivity index (χ3v) is 19.3. The van der Waals surface area contributed by atoms with E-state index in [9.17, 15) is 66.8 Å². The Morgan fingerprint density at radius 2 is 1.52 bits per heavy atom. The first-order valence-corrected chi connectivity index (χ1v) is 34.5. The second kappa shape index (κ2) is 26.6. The summed E-state index contributed by atoms with van der Waals surface area (Å²) in [4.78, 5) is 55.1. The van der Waals surface area contributed by atoms with E-state index < -0.39 is 86.9 Å². The van der Waals surface area contributed by atoms with Gasteiger partial charge in [-0.25, -0.2) is 23.2 Å². The number of benzene rings is 4. The SMILES string of the molecule is CC1(C)C(/C=C/C2=C(Oc3ccc(C[C@H](NC(=O)c4ccc(NCc5cnc6nc(N)[nH]c(=O)c6n5)cc4)C(=O)O)cc3)C(=C/C=C3/N(CCCCS(=O)(=O)O)c4ccc(S(=O)(=O)O)cc4C3(C)C)/CCC2)=C(CCCCS(=O)(=O)O)c2ccc([SH](=O)=O)cc21. The molecule has 0 spiro atoms. The van der Waals surface area contributed by atoms with Crippen LogP contribution in [0.2, 0.25) is 0 Å². The summed E-state index contributed by atoms with van der Waals surface area (Å²) in [6.45, 7) is 8.18. The predicted octanol–water partition coefficient (Wildman–Crippen LogP) is 8.00. The Morgan fingerprint density at radius 1 is 0.822 bits per heavy atom. The number of nitrogens with zero attached hydrogens (tertiary/aromatic N) is 4. The number of carboxylic acid groups (broad SMARTS) is 1. The second-order valence-corrected chi connectivity index (χ2v) is 28.8. The van der Waals surface area contributed by atoms with Crippen LogP contribution in [0.15, 0.2) is 158 Å². The number of thiol groups is 1. The van der Waals surface area contributed by atoms with Crippen LogP contribution in [0.5, 0.6) is 5.75 Å². The quantitative estimate of drug-likeness (QED) is 0.0149. The van der Waals surface area contributed by atoms with Crippen LogP contribution in [-0.4, -0.2) is 108 Å². The van der Waals surface area contributed by atoms with Crippen LogP contribution in [-0.2, 0) is 69.6 Å².